The molecule has 2 aliphatic heterocycles. The lowest BCUT2D eigenvalue weighted by Crippen LogP contribution is -2.61. The van der Waals surface area contributed by atoms with Gasteiger partial charge in [0.25, 0.3) is 5.56 Å². The van der Waals surface area contributed by atoms with E-state index in [1.165, 1.54) is 0 Å². The van der Waals surface area contributed by atoms with E-state index in [0.29, 0.717) is 6.04 Å². The monoisotopic (exact) mass is 277 g/mol. The van der Waals surface area contributed by atoms with E-state index >= 15 is 0 Å². The normalized spacial score (nSPS) is 21.2. The predicted octanol–water partition coefficient (Wildman–Crippen LogP) is -0.0129. The fourth-order valence-electron chi connectivity index (χ4n) is 2.75. The highest BCUT2D eigenvalue weighted by molar-refractivity contribution is 5.38. The molecule has 2 saturated heterocycles. The molecule has 110 valence electrons. The molecule has 1 aromatic rings. The maximum atomic E-state index is 11.7. The standard InChI is InChI=1S/C14H23N5O/c1-10(2)14-16-12(7-13(20)17-14)19-5-3-18(4-6-19)11-8-15-9-11/h7,10-11,15H,3-6,8-9H2,1-2H3,(H,16,17,20). The summed E-state index contributed by atoms with van der Waals surface area (Å²) in [7, 11) is 0. The zero-order valence-electron chi connectivity index (χ0n) is 12.2. The Hall–Kier alpha value is -1.40. The van der Waals surface area contributed by atoms with E-state index in [-0.39, 0.29) is 11.5 Å². The van der Waals surface area contributed by atoms with Gasteiger partial charge in [-0.15, -0.1) is 0 Å². The maximum Gasteiger partial charge on any atom is 0.252 e. The number of rotatable bonds is 3. The van der Waals surface area contributed by atoms with Crippen molar-refractivity contribution in [1.82, 2.24) is 20.2 Å². The Morgan fingerprint density at radius 1 is 1.25 bits per heavy atom. The van der Waals surface area contributed by atoms with E-state index < -0.39 is 0 Å². The van der Waals surface area contributed by atoms with Crippen LogP contribution in [-0.4, -0.2) is 60.2 Å². The third-order valence-electron chi connectivity index (χ3n) is 4.21. The lowest BCUT2D eigenvalue weighted by Gasteiger charge is -2.43. The summed E-state index contributed by atoms with van der Waals surface area (Å²) in [5.41, 5.74) is -0.0516. The summed E-state index contributed by atoms with van der Waals surface area (Å²) in [6.07, 6.45) is 0. The molecule has 6 nitrogen and oxygen atoms in total. The fraction of sp³-hybridized carbons (Fsp3) is 0.714. The zero-order valence-corrected chi connectivity index (χ0v) is 12.2. The van der Waals surface area contributed by atoms with E-state index in [9.17, 15) is 4.79 Å². The van der Waals surface area contributed by atoms with Crippen molar-refractivity contribution in [3.63, 3.8) is 0 Å². The van der Waals surface area contributed by atoms with E-state index in [0.717, 1.165) is 50.9 Å². The minimum atomic E-state index is -0.0516. The molecule has 1 aromatic heterocycles. The first-order valence-electron chi connectivity index (χ1n) is 7.44. The lowest BCUT2D eigenvalue weighted by atomic mass is 10.1. The Balaban J connectivity index is 1.69. The number of nitrogens with zero attached hydrogens (tertiary/aromatic N) is 3. The molecular formula is C14H23N5O. The second kappa shape index (κ2) is 5.54. The van der Waals surface area contributed by atoms with Crippen LogP contribution in [0.15, 0.2) is 10.9 Å². The number of anilines is 1. The largest absolute Gasteiger partial charge is 0.354 e. The first-order valence-corrected chi connectivity index (χ1v) is 7.44. The Morgan fingerprint density at radius 3 is 2.50 bits per heavy atom. The van der Waals surface area contributed by atoms with Gasteiger partial charge in [0.2, 0.25) is 0 Å². The molecule has 0 radical (unpaired) electrons. The molecule has 2 aliphatic rings. The molecule has 0 aromatic carbocycles. The zero-order chi connectivity index (χ0) is 14.1. The molecule has 20 heavy (non-hydrogen) atoms. The van der Waals surface area contributed by atoms with Gasteiger partial charge in [-0.3, -0.25) is 9.69 Å². The van der Waals surface area contributed by atoms with Crippen LogP contribution in [-0.2, 0) is 0 Å². The summed E-state index contributed by atoms with van der Waals surface area (Å²) < 4.78 is 0. The first-order chi connectivity index (χ1) is 9.63. The molecule has 0 saturated carbocycles. The van der Waals surface area contributed by atoms with Gasteiger partial charge in [0.05, 0.1) is 0 Å². The molecule has 2 N–H and O–H groups in total. The van der Waals surface area contributed by atoms with Crippen LogP contribution in [0.5, 0.6) is 0 Å². The molecular weight excluding hydrogens is 254 g/mol. The number of H-pyrrole nitrogens is 1. The topological polar surface area (TPSA) is 64.3 Å². The van der Waals surface area contributed by atoms with Crippen molar-refractivity contribution >= 4 is 5.82 Å². The lowest BCUT2D eigenvalue weighted by molar-refractivity contribution is 0.137. The van der Waals surface area contributed by atoms with Crippen molar-refractivity contribution in [3.05, 3.63) is 22.2 Å². The summed E-state index contributed by atoms with van der Waals surface area (Å²) in [5.74, 6) is 1.84. The van der Waals surface area contributed by atoms with Gasteiger partial charge in [-0.05, 0) is 0 Å². The number of hydrogen-bond donors (Lipinski definition) is 2. The number of hydrogen-bond acceptors (Lipinski definition) is 5. The van der Waals surface area contributed by atoms with Crippen molar-refractivity contribution in [2.24, 2.45) is 0 Å². The molecule has 0 bridgehead atoms. The number of aromatic nitrogens is 2. The van der Waals surface area contributed by atoms with Crippen LogP contribution < -0.4 is 15.8 Å². The van der Waals surface area contributed by atoms with E-state index in [1.54, 1.807) is 6.07 Å². The maximum absolute atomic E-state index is 11.7. The third-order valence-corrected chi connectivity index (χ3v) is 4.21. The Kier molecular flexibility index (Phi) is 3.76. The molecule has 0 amide bonds. The van der Waals surface area contributed by atoms with E-state index in [1.807, 2.05) is 13.8 Å². The van der Waals surface area contributed by atoms with Gasteiger partial charge in [-0.1, -0.05) is 13.8 Å². The van der Waals surface area contributed by atoms with Gasteiger partial charge in [-0.2, -0.15) is 0 Å². The summed E-state index contributed by atoms with van der Waals surface area (Å²) >= 11 is 0. The molecule has 3 rings (SSSR count). The summed E-state index contributed by atoms with van der Waals surface area (Å²) in [6, 6.07) is 2.32. The van der Waals surface area contributed by atoms with Gasteiger partial charge in [0.15, 0.2) is 0 Å². The second-order valence-corrected chi connectivity index (χ2v) is 5.98. The quantitative estimate of drug-likeness (QED) is 0.813. The predicted molar refractivity (Wildman–Crippen MR) is 79.4 cm³/mol. The molecule has 0 unspecified atom stereocenters. The Labute approximate surface area is 119 Å². The van der Waals surface area contributed by atoms with Gasteiger partial charge in [0, 0.05) is 57.3 Å². The fourth-order valence-corrected chi connectivity index (χ4v) is 2.75. The second-order valence-electron chi connectivity index (χ2n) is 5.98. The van der Waals surface area contributed by atoms with E-state index in [2.05, 4.69) is 25.1 Å². The summed E-state index contributed by atoms with van der Waals surface area (Å²) in [6.45, 7) is 10.3. The summed E-state index contributed by atoms with van der Waals surface area (Å²) in [5, 5.41) is 3.32. The van der Waals surface area contributed by atoms with Gasteiger partial charge < -0.3 is 15.2 Å². The van der Waals surface area contributed by atoms with Crippen LogP contribution in [0.4, 0.5) is 5.82 Å². The molecule has 6 heteroatoms. The average molecular weight is 277 g/mol. The molecule has 0 spiro atoms. The minimum absolute atomic E-state index is 0.0516. The highest BCUT2D eigenvalue weighted by Gasteiger charge is 2.28. The first kappa shape index (κ1) is 13.6. The smallest absolute Gasteiger partial charge is 0.252 e. The van der Waals surface area contributed by atoms with Crippen molar-refractivity contribution in [1.29, 1.82) is 0 Å². The molecule has 3 heterocycles. The van der Waals surface area contributed by atoms with Crippen molar-refractivity contribution in [2.45, 2.75) is 25.8 Å². The third kappa shape index (κ3) is 2.71. The van der Waals surface area contributed by atoms with Crippen LogP contribution in [0.2, 0.25) is 0 Å². The van der Waals surface area contributed by atoms with Crippen molar-refractivity contribution in [2.75, 3.05) is 44.2 Å². The van der Waals surface area contributed by atoms with Gasteiger partial charge in [-0.25, -0.2) is 4.98 Å². The van der Waals surface area contributed by atoms with Gasteiger partial charge in [0.1, 0.15) is 11.6 Å². The van der Waals surface area contributed by atoms with Crippen LogP contribution >= 0.6 is 0 Å². The van der Waals surface area contributed by atoms with Gasteiger partial charge >= 0.3 is 0 Å². The summed E-state index contributed by atoms with van der Waals surface area (Å²) in [4.78, 5) is 23.9. The molecule has 0 atom stereocenters. The minimum Gasteiger partial charge on any atom is -0.354 e. The average Bonchev–Trinajstić information content (AvgIpc) is 2.37. The highest BCUT2D eigenvalue weighted by atomic mass is 16.1. The number of aromatic amines is 1. The number of nitrogens with one attached hydrogen (secondary N) is 2. The van der Waals surface area contributed by atoms with Crippen LogP contribution in [0, 0.1) is 0 Å². The van der Waals surface area contributed by atoms with Crippen LogP contribution in [0.25, 0.3) is 0 Å². The van der Waals surface area contributed by atoms with Crippen LogP contribution in [0.1, 0.15) is 25.6 Å². The van der Waals surface area contributed by atoms with Crippen molar-refractivity contribution < 1.29 is 0 Å². The van der Waals surface area contributed by atoms with Crippen LogP contribution in [0.3, 0.4) is 0 Å². The molecule has 2 fully saturated rings. The SMILES string of the molecule is CC(C)c1nc(N2CCN(C3CNC3)CC2)cc(=O)[nH]1. The highest BCUT2D eigenvalue weighted by Crippen LogP contribution is 2.16. The van der Waals surface area contributed by atoms with E-state index in [4.69, 9.17) is 0 Å². The number of piperazine rings is 1. The Morgan fingerprint density at radius 2 is 1.95 bits per heavy atom. The van der Waals surface area contributed by atoms with Crippen molar-refractivity contribution in [3.8, 4) is 0 Å². The Bertz CT molecular complexity index is 515. The molecule has 0 aliphatic carbocycles.